The van der Waals surface area contributed by atoms with E-state index in [0.29, 0.717) is 30.7 Å². The normalized spacial score (nSPS) is 16.7. The van der Waals surface area contributed by atoms with Crippen LogP contribution >= 0.6 is 0 Å². The van der Waals surface area contributed by atoms with Crippen LogP contribution in [0.4, 0.5) is 5.69 Å². The van der Waals surface area contributed by atoms with Gasteiger partial charge in [-0.3, -0.25) is 9.59 Å². The van der Waals surface area contributed by atoms with Gasteiger partial charge in [0.2, 0.25) is 5.91 Å². The van der Waals surface area contributed by atoms with Gasteiger partial charge < -0.3 is 19.8 Å². The van der Waals surface area contributed by atoms with Crippen molar-refractivity contribution in [2.45, 2.75) is 57.3 Å². The third-order valence-electron chi connectivity index (χ3n) is 6.76. The maximum atomic E-state index is 13.1. The van der Waals surface area contributed by atoms with E-state index < -0.39 is 11.5 Å². The second-order valence-electron chi connectivity index (χ2n) is 9.33. The maximum absolute atomic E-state index is 13.1. The highest BCUT2D eigenvalue weighted by Gasteiger charge is 2.39. The molecule has 181 valence electrons. The minimum absolute atomic E-state index is 0.147. The Morgan fingerprint density at radius 2 is 2.06 bits per heavy atom. The average Bonchev–Trinajstić information content (AvgIpc) is 3.52. The maximum Gasteiger partial charge on any atom is 0.343 e. The number of aromatic amines is 1. The Morgan fingerprint density at radius 3 is 2.83 bits per heavy atom. The van der Waals surface area contributed by atoms with Crippen molar-refractivity contribution < 1.29 is 19.1 Å². The summed E-state index contributed by atoms with van der Waals surface area (Å²) in [4.78, 5) is 45.3. The number of rotatable bonds is 7. The molecule has 8 heteroatoms. The van der Waals surface area contributed by atoms with E-state index in [1.54, 1.807) is 18.6 Å². The fourth-order valence-corrected chi connectivity index (χ4v) is 4.90. The number of nitrogens with zero attached hydrogens (tertiary/aromatic N) is 1. The van der Waals surface area contributed by atoms with Gasteiger partial charge in [-0.25, -0.2) is 9.78 Å². The number of nitrogens with one attached hydrogen (secondary N) is 2. The van der Waals surface area contributed by atoms with Crippen LogP contribution in [0.1, 0.15) is 77.4 Å². The summed E-state index contributed by atoms with van der Waals surface area (Å²) in [7, 11) is 0. The molecule has 1 amide bonds. The van der Waals surface area contributed by atoms with E-state index in [-0.39, 0.29) is 34.5 Å². The summed E-state index contributed by atoms with van der Waals surface area (Å²) in [5.74, 6) is -0.638. The van der Waals surface area contributed by atoms with Gasteiger partial charge in [0, 0.05) is 37.1 Å². The van der Waals surface area contributed by atoms with Crippen LogP contribution in [0.2, 0.25) is 0 Å². The van der Waals surface area contributed by atoms with Crippen LogP contribution in [0.15, 0.2) is 46.0 Å². The molecule has 3 N–H and O–H groups in total. The fraction of sp³-hybridized carbons (Fsp3) is 0.370. The molecule has 0 saturated heterocycles. The quantitative estimate of drug-likeness (QED) is 0.469. The summed E-state index contributed by atoms with van der Waals surface area (Å²) in [6, 6.07) is 7.29. The number of aromatic nitrogens is 2. The summed E-state index contributed by atoms with van der Waals surface area (Å²) in [5, 5.41) is 14.1. The molecule has 5 rings (SSSR count). The number of ketones is 1. The van der Waals surface area contributed by atoms with Crippen molar-refractivity contribution in [1.82, 2.24) is 9.97 Å². The summed E-state index contributed by atoms with van der Waals surface area (Å²) < 4.78 is 5.64. The monoisotopic (exact) mass is 474 g/mol. The first-order chi connectivity index (χ1) is 17.0. The Hall–Kier alpha value is -3.68. The molecule has 2 aliphatic carbocycles. The van der Waals surface area contributed by atoms with Crippen molar-refractivity contribution in [3.63, 3.8) is 0 Å². The topological polar surface area (TPSA) is 125 Å². The highest BCUT2D eigenvalue weighted by Crippen LogP contribution is 2.49. The number of amides is 1. The van der Waals surface area contributed by atoms with Crippen LogP contribution in [0.3, 0.4) is 0 Å². The second-order valence-corrected chi connectivity index (χ2v) is 9.33. The molecule has 0 unspecified atom stereocenters. The Labute approximate surface area is 202 Å². The van der Waals surface area contributed by atoms with E-state index in [1.165, 1.54) is 6.42 Å². The lowest BCUT2D eigenvalue weighted by molar-refractivity contribution is -0.113. The van der Waals surface area contributed by atoms with Crippen molar-refractivity contribution in [2.75, 3.05) is 5.32 Å². The molecule has 2 aliphatic rings. The standard InChI is InChI=1S/C27H28N3O5/c31-20-7-2-1-3-8-21-24(20)26(33)25(27(34)35-21)23(16-9-10-16)17-5-4-6-18(13-17)30-22(32)12-11-19-14-28-15-29-19/h4-6,12-16,23,33H,1-3,7-11H2,(H,28,29)(H,30,32)/t23-/m0/s1. The predicted molar refractivity (Wildman–Crippen MR) is 129 cm³/mol. The van der Waals surface area contributed by atoms with Gasteiger partial charge in [-0.1, -0.05) is 18.6 Å². The smallest absolute Gasteiger partial charge is 0.343 e. The van der Waals surface area contributed by atoms with Gasteiger partial charge in [-0.15, -0.1) is 0 Å². The Morgan fingerprint density at radius 1 is 1.23 bits per heavy atom. The number of hydrogen-bond donors (Lipinski definition) is 3. The summed E-state index contributed by atoms with van der Waals surface area (Å²) >= 11 is 0. The second kappa shape index (κ2) is 9.90. The minimum Gasteiger partial charge on any atom is -0.506 e. The van der Waals surface area contributed by atoms with E-state index in [2.05, 4.69) is 15.3 Å². The number of anilines is 1. The zero-order valence-electron chi connectivity index (χ0n) is 19.4. The summed E-state index contributed by atoms with van der Waals surface area (Å²) in [6.45, 7) is 0. The minimum atomic E-state index is -0.590. The van der Waals surface area contributed by atoms with E-state index >= 15 is 0 Å². The Bertz CT molecular complexity index is 1290. The number of H-pyrrole nitrogens is 1. The van der Waals surface area contributed by atoms with Crippen molar-refractivity contribution in [2.24, 2.45) is 5.92 Å². The first-order valence-electron chi connectivity index (χ1n) is 12.1. The zero-order valence-corrected chi connectivity index (χ0v) is 19.4. The van der Waals surface area contributed by atoms with Crippen molar-refractivity contribution in [1.29, 1.82) is 0 Å². The van der Waals surface area contributed by atoms with Gasteiger partial charge in [0.15, 0.2) is 5.78 Å². The van der Waals surface area contributed by atoms with Crippen LogP contribution in [-0.2, 0) is 17.6 Å². The SMILES string of the molecule is O=C([CH]Cc1c[nH]cn1)Nc1cccc([C@@H](c2c(O)c3c(oc2=O)CCCCCC3=O)C2CC2)c1. The number of hydrogen-bond acceptors (Lipinski definition) is 6. The summed E-state index contributed by atoms with van der Waals surface area (Å²) in [6.07, 6.45) is 10.3. The molecule has 1 aromatic carbocycles. The molecule has 0 spiro atoms. The fourth-order valence-electron chi connectivity index (χ4n) is 4.90. The lowest BCUT2D eigenvalue weighted by Gasteiger charge is -2.21. The molecule has 1 fully saturated rings. The third-order valence-corrected chi connectivity index (χ3v) is 6.76. The van der Waals surface area contributed by atoms with Crippen molar-refractivity contribution in [3.8, 4) is 5.75 Å². The molecule has 1 atom stereocenters. The average molecular weight is 475 g/mol. The van der Waals surface area contributed by atoms with Crippen LogP contribution < -0.4 is 10.9 Å². The predicted octanol–water partition coefficient (Wildman–Crippen LogP) is 4.30. The molecule has 0 aliphatic heterocycles. The molecule has 0 bridgehead atoms. The zero-order chi connectivity index (χ0) is 24.4. The molecule has 1 radical (unpaired) electrons. The van der Waals surface area contributed by atoms with Gasteiger partial charge in [-0.2, -0.15) is 0 Å². The molecule has 2 aromatic heterocycles. The van der Waals surface area contributed by atoms with Gasteiger partial charge in [0.25, 0.3) is 0 Å². The van der Waals surface area contributed by atoms with E-state index in [1.807, 2.05) is 18.2 Å². The van der Waals surface area contributed by atoms with E-state index in [9.17, 15) is 19.5 Å². The van der Waals surface area contributed by atoms with E-state index in [4.69, 9.17) is 4.42 Å². The summed E-state index contributed by atoms with van der Waals surface area (Å²) in [5.41, 5.74) is 1.86. The van der Waals surface area contributed by atoms with Gasteiger partial charge >= 0.3 is 5.63 Å². The number of aromatic hydroxyl groups is 1. The Balaban J connectivity index is 1.44. The first kappa shape index (κ1) is 23.1. The lowest BCUT2D eigenvalue weighted by atomic mass is 9.85. The molecule has 8 nitrogen and oxygen atoms in total. The van der Waals surface area contributed by atoms with Crippen LogP contribution in [0.5, 0.6) is 5.75 Å². The van der Waals surface area contributed by atoms with Crippen molar-refractivity contribution >= 4 is 17.4 Å². The van der Waals surface area contributed by atoms with Gasteiger partial charge in [0.05, 0.1) is 29.6 Å². The largest absolute Gasteiger partial charge is 0.506 e. The molecule has 1 saturated carbocycles. The molecule has 2 heterocycles. The van der Waals surface area contributed by atoms with Gasteiger partial charge in [-0.05, 0) is 49.3 Å². The molecule has 3 aromatic rings. The molecule has 35 heavy (non-hydrogen) atoms. The number of imidazole rings is 1. The number of carbonyl (C=O) groups is 2. The van der Waals surface area contributed by atoms with Crippen molar-refractivity contribution in [3.05, 3.63) is 81.8 Å². The highest BCUT2D eigenvalue weighted by molar-refractivity contribution is 6.00. The number of aryl methyl sites for hydroxylation is 1. The molecular formula is C27H28N3O5. The number of Topliss-reactive ketones (excluding diaryl/α,β-unsaturated/α-hetero) is 1. The number of carbonyl (C=O) groups excluding carboxylic acids is 2. The first-order valence-corrected chi connectivity index (χ1v) is 12.1. The van der Waals surface area contributed by atoms with E-state index in [0.717, 1.165) is 43.4 Å². The lowest BCUT2D eigenvalue weighted by Crippen LogP contribution is -2.21. The highest BCUT2D eigenvalue weighted by atomic mass is 16.4. The number of benzene rings is 1. The number of fused-ring (bicyclic) bond motifs is 1. The van der Waals surface area contributed by atoms with Crippen LogP contribution in [0.25, 0.3) is 0 Å². The third kappa shape index (κ3) is 5.06. The van der Waals surface area contributed by atoms with Crippen LogP contribution in [0, 0.1) is 12.3 Å². The molecular weight excluding hydrogens is 446 g/mol. The Kier molecular flexibility index (Phi) is 6.53. The van der Waals surface area contributed by atoms with Crippen LogP contribution in [-0.4, -0.2) is 26.8 Å². The van der Waals surface area contributed by atoms with Gasteiger partial charge in [0.1, 0.15) is 11.5 Å².